The molecule has 0 aliphatic heterocycles. The largest absolute Gasteiger partial charge is 0.508 e. The normalized spacial score (nSPS) is 16.8. The van der Waals surface area contributed by atoms with Gasteiger partial charge >= 0.3 is 0 Å². The Morgan fingerprint density at radius 3 is 2.50 bits per heavy atom. The van der Waals surface area contributed by atoms with Crippen molar-refractivity contribution in [1.29, 1.82) is 0 Å². The predicted molar refractivity (Wildman–Crippen MR) is 79.8 cm³/mol. The molecule has 20 heavy (non-hydrogen) atoms. The molecule has 1 N–H and O–H groups in total. The average Bonchev–Trinajstić information content (AvgIpc) is 2.62. The topological polar surface area (TPSA) is 37.3 Å². The number of Topliss-reactive ketones (excluding diaryl/α,β-unsaturated/α-hetero) is 1. The Bertz CT molecular complexity index is 666. The van der Waals surface area contributed by atoms with Crippen LogP contribution in [0, 0.1) is 0 Å². The molecule has 0 spiro atoms. The van der Waals surface area contributed by atoms with E-state index in [-0.39, 0.29) is 11.5 Å². The number of phenolic OH excluding ortho intramolecular Hbond substituents is 1. The zero-order valence-electron chi connectivity index (χ0n) is 11.2. The Balaban J connectivity index is 1.98. The van der Waals surface area contributed by atoms with E-state index in [1.165, 1.54) is 0 Å². The molecule has 2 nitrogen and oxygen atoms in total. The number of rotatable bonds is 1. The smallest absolute Gasteiger partial charge is 0.189 e. The first-order chi connectivity index (χ1) is 9.74. The number of ketones is 1. The second-order valence-electron chi connectivity index (χ2n) is 5.10. The molecule has 2 aromatic rings. The lowest BCUT2D eigenvalue weighted by Crippen LogP contribution is -2.03. The maximum atomic E-state index is 12.6. The summed E-state index contributed by atoms with van der Waals surface area (Å²) in [4.78, 5) is 12.6. The Kier molecular flexibility index (Phi) is 3.38. The van der Waals surface area contributed by atoms with Crippen LogP contribution in [0.15, 0.2) is 54.1 Å². The summed E-state index contributed by atoms with van der Waals surface area (Å²) >= 11 is 0. The molecule has 2 heteroatoms. The lowest BCUT2D eigenvalue weighted by Gasteiger charge is -2.05. The minimum absolute atomic E-state index is 0.131. The summed E-state index contributed by atoms with van der Waals surface area (Å²) in [7, 11) is 0. The lowest BCUT2D eigenvalue weighted by molar-refractivity contribution is 0.103. The molecule has 3 rings (SSSR count). The van der Waals surface area contributed by atoms with Crippen LogP contribution in [0.25, 0.3) is 6.08 Å². The minimum atomic E-state index is 0.131. The number of phenols is 1. The Labute approximate surface area is 118 Å². The van der Waals surface area contributed by atoms with Gasteiger partial charge in [0.2, 0.25) is 0 Å². The number of fused-ring (bicyclic) bond motifs is 1. The molecule has 0 saturated heterocycles. The summed E-state index contributed by atoms with van der Waals surface area (Å²) in [5.74, 6) is 0.371. The van der Waals surface area contributed by atoms with Crippen LogP contribution in [-0.2, 0) is 6.42 Å². The molecule has 0 saturated carbocycles. The molecule has 1 aliphatic rings. The molecule has 2 aromatic carbocycles. The quantitative estimate of drug-likeness (QED) is 0.624. The van der Waals surface area contributed by atoms with Crippen molar-refractivity contribution in [3.63, 3.8) is 0 Å². The van der Waals surface area contributed by atoms with Crippen molar-refractivity contribution < 1.29 is 9.90 Å². The van der Waals surface area contributed by atoms with Gasteiger partial charge in [-0.05, 0) is 48.6 Å². The zero-order chi connectivity index (χ0) is 13.9. The van der Waals surface area contributed by atoms with E-state index in [2.05, 4.69) is 0 Å². The summed E-state index contributed by atoms with van der Waals surface area (Å²) in [6.45, 7) is 0. The van der Waals surface area contributed by atoms with Crippen molar-refractivity contribution in [3.8, 4) is 5.75 Å². The number of carbonyl (C=O) groups is 1. The molecule has 1 aliphatic carbocycles. The van der Waals surface area contributed by atoms with E-state index in [1.807, 2.05) is 42.5 Å². The summed E-state index contributed by atoms with van der Waals surface area (Å²) in [5, 5.41) is 9.30. The standard InChI is InChI=1S/C18H16O2/c19-16-10-8-13(9-11-16)12-15-6-3-5-14-4-1-2-7-17(14)18(15)20/h1-2,4,7-12,19H,3,5-6H2/b15-12-. The fraction of sp³-hybridized carbons (Fsp3) is 0.167. The van der Waals surface area contributed by atoms with Crippen molar-refractivity contribution in [2.75, 3.05) is 0 Å². The van der Waals surface area contributed by atoms with Gasteiger partial charge in [0, 0.05) is 11.1 Å². The fourth-order valence-corrected chi connectivity index (χ4v) is 2.63. The maximum absolute atomic E-state index is 12.6. The molecule has 0 amide bonds. The molecule has 0 aromatic heterocycles. The molecule has 0 fully saturated rings. The highest BCUT2D eigenvalue weighted by Gasteiger charge is 2.19. The van der Waals surface area contributed by atoms with Crippen molar-refractivity contribution in [1.82, 2.24) is 0 Å². The van der Waals surface area contributed by atoms with Gasteiger partial charge < -0.3 is 5.11 Å². The third-order valence-electron chi connectivity index (χ3n) is 3.68. The number of benzene rings is 2. The molecule has 0 bridgehead atoms. The summed E-state index contributed by atoms with van der Waals surface area (Å²) in [6.07, 6.45) is 4.68. The van der Waals surface area contributed by atoms with E-state index in [0.29, 0.717) is 0 Å². The van der Waals surface area contributed by atoms with E-state index in [9.17, 15) is 9.90 Å². The van der Waals surface area contributed by atoms with Crippen molar-refractivity contribution in [2.45, 2.75) is 19.3 Å². The van der Waals surface area contributed by atoms with Gasteiger partial charge in [-0.25, -0.2) is 0 Å². The Hall–Kier alpha value is -2.35. The monoisotopic (exact) mass is 264 g/mol. The molecule has 0 heterocycles. The highest BCUT2D eigenvalue weighted by molar-refractivity contribution is 6.12. The lowest BCUT2D eigenvalue weighted by atomic mass is 9.98. The zero-order valence-corrected chi connectivity index (χ0v) is 11.2. The number of carbonyl (C=O) groups excluding carboxylic acids is 1. The minimum Gasteiger partial charge on any atom is -0.508 e. The number of hydrogen-bond donors (Lipinski definition) is 1. The second-order valence-corrected chi connectivity index (χ2v) is 5.10. The van der Waals surface area contributed by atoms with Gasteiger partial charge in [0.15, 0.2) is 5.78 Å². The summed E-state index contributed by atoms with van der Waals surface area (Å²) in [5.41, 5.74) is 3.77. The number of allylic oxidation sites excluding steroid dienone is 1. The number of aryl methyl sites for hydroxylation is 1. The SMILES string of the molecule is O=C1/C(=C\c2ccc(O)cc2)CCCc2ccccc21. The van der Waals surface area contributed by atoms with Crippen LogP contribution in [0.4, 0.5) is 0 Å². The summed E-state index contributed by atoms with van der Waals surface area (Å²) < 4.78 is 0. The fourth-order valence-electron chi connectivity index (χ4n) is 2.63. The molecule has 0 radical (unpaired) electrons. The molecule has 0 atom stereocenters. The van der Waals surface area contributed by atoms with Crippen LogP contribution >= 0.6 is 0 Å². The highest BCUT2D eigenvalue weighted by atomic mass is 16.3. The van der Waals surface area contributed by atoms with Crippen molar-refractivity contribution >= 4 is 11.9 Å². The van der Waals surface area contributed by atoms with Crippen LogP contribution in [0.2, 0.25) is 0 Å². The first-order valence-corrected chi connectivity index (χ1v) is 6.86. The van der Waals surface area contributed by atoms with Gasteiger partial charge in [-0.15, -0.1) is 0 Å². The second kappa shape index (κ2) is 5.33. The van der Waals surface area contributed by atoms with E-state index in [0.717, 1.165) is 41.5 Å². The van der Waals surface area contributed by atoms with Crippen LogP contribution in [0.1, 0.15) is 34.3 Å². The van der Waals surface area contributed by atoms with E-state index in [1.54, 1.807) is 12.1 Å². The molecule has 100 valence electrons. The number of aromatic hydroxyl groups is 1. The van der Waals surface area contributed by atoms with Gasteiger partial charge in [0.1, 0.15) is 5.75 Å². The van der Waals surface area contributed by atoms with Gasteiger partial charge in [0.05, 0.1) is 0 Å². The van der Waals surface area contributed by atoms with E-state index >= 15 is 0 Å². The third-order valence-corrected chi connectivity index (χ3v) is 3.68. The third kappa shape index (κ3) is 2.50. The van der Waals surface area contributed by atoms with Gasteiger partial charge in [0.25, 0.3) is 0 Å². The van der Waals surface area contributed by atoms with Crippen LogP contribution < -0.4 is 0 Å². The van der Waals surface area contributed by atoms with E-state index < -0.39 is 0 Å². The summed E-state index contributed by atoms with van der Waals surface area (Å²) in [6, 6.07) is 14.8. The van der Waals surface area contributed by atoms with Gasteiger partial charge in [-0.3, -0.25) is 4.79 Å². The molecular formula is C18H16O2. The number of hydrogen-bond acceptors (Lipinski definition) is 2. The Morgan fingerprint density at radius 1 is 0.950 bits per heavy atom. The molecular weight excluding hydrogens is 248 g/mol. The van der Waals surface area contributed by atoms with Crippen LogP contribution in [0.3, 0.4) is 0 Å². The highest BCUT2D eigenvalue weighted by Crippen LogP contribution is 2.26. The first-order valence-electron chi connectivity index (χ1n) is 6.86. The van der Waals surface area contributed by atoms with Crippen molar-refractivity contribution in [3.05, 3.63) is 70.8 Å². The predicted octanol–water partition coefficient (Wildman–Crippen LogP) is 3.99. The van der Waals surface area contributed by atoms with Crippen molar-refractivity contribution in [2.24, 2.45) is 0 Å². The van der Waals surface area contributed by atoms with Gasteiger partial charge in [-0.1, -0.05) is 36.4 Å². The first kappa shape index (κ1) is 12.7. The van der Waals surface area contributed by atoms with Crippen LogP contribution in [-0.4, -0.2) is 10.9 Å². The maximum Gasteiger partial charge on any atom is 0.189 e. The van der Waals surface area contributed by atoms with Gasteiger partial charge in [-0.2, -0.15) is 0 Å². The Morgan fingerprint density at radius 2 is 1.70 bits per heavy atom. The average molecular weight is 264 g/mol. The molecule has 0 unspecified atom stereocenters. The van der Waals surface area contributed by atoms with Crippen LogP contribution in [0.5, 0.6) is 5.75 Å². The van der Waals surface area contributed by atoms with E-state index in [4.69, 9.17) is 0 Å².